The zero-order chi connectivity index (χ0) is 10.9. The fourth-order valence-electron chi connectivity index (χ4n) is 1.14. The zero-order valence-electron chi connectivity index (χ0n) is 9.19. The van der Waals surface area contributed by atoms with Crippen molar-refractivity contribution in [3.8, 4) is 5.88 Å². The highest BCUT2D eigenvalue weighted by molar-refractivity contribution is 5.36. The van der Waals surface area contributed by atoms with Crippen molar-refractivity contribution in [3.63, 3.8) is 0 Å². The van der Waals surface area contributed by atoms with Crippen LogP contribution in [0.15, 0.2) is 12.4 Å². The number of ether oxygens (including phenoxy) is 2. The topological polar surface area (TPSA) is 56.3 Å². The van der Waals surface area contributed by atoms with Crippen LogP contribution in [0.2, 0.25) is 0 Å². The van der Waals surface area contributed by atoms with Crippen LogP contribution in [-0.2, 0) is 4.74 Å². The Morgan fingerprint density at radius 3 is 2.87 bits per heavy atom. The molecule has 84 valence electrons. The van der Waals surface area contributed by atoms with Gasteiger partial charge in [-0.05, 0) is 12.8 Å². The van der Waals surface area contributed by atoms with Crippen LogP contribution < -0.4 is 10.1 Å². The second kappa shape index (κ2) is 7.00. The maximum atomic E-state index is 4.99. The van der Waals surface area contributed by atoms with E-state index >= 15 is 0 Å². The molecule has 0 aliphatic heterocycles. The lowest BCUT2D eigenvalue weighted by atomic mass is 10.3. The monoisotopic (exact) mass is 211 g/mol. The first-order valence-electron chi connectivity index (χ1n) is 4.95. The molecule has 0 aliphatic carbocycles. The lowest BCUT2D eigenvalue weighted by molar-refractivity contribution is 0.194. The number of hydrogen-bond acceptors (Lipinski definition) is 5. The van der Waals surface area contributed by atoms with Gasteiger partial charge in [-0.15, -0.1) is 0 Å². The molecular weight excluding hydrogens is 194 g/mol. The maximum Gasteiger partial charge on any atom is 0.218 e. The number of nitrogens with one attached hydrogen (secondary N) is 1. The van der Waals surface area contributed by atoms with Gasteiger partial charge in [0.1, 0.15) is 12.1 Å². The Balaban J connectivity index is 2.24. The third kappa shape index (κ3) is 4.60. The van der Waals surface area contributed by atoms with Crippen molar-refractivity contribution >= 4 is 5.82 Å². The number of nitrogens with zero attached hydrogens (tertiary/aromatic N) is 2. The fraction of sp³-hybridized carbons (Fsp3) is 0.600. The molecule has 1 heterocycles. The van der Waals surface area contributed by atoms with Crippen LogP contribution in [0.1, 0.15) is 12.8 Å². The first-order chi connectivity index (χ1) is 7.36. The number of anilines is 1. The number of unbranched alkanes of at least 4 members (excludes halogenated alkanes) is 1. The Kier molecular flexibility index (Phi) is 5.47. The highest BCUT2D eigenvalue weighted by atomic mass is 16.5. The Hall–Kier alpha value is -1.36. The van der Waals surface area contributed by atoms with Crippen LogP contribution in [0.3, 0.4) is 0 Å². The minimum Gasteiger partial charge on any atom is -0.481 e. The van der Waals surface area contributed by atoms with Crippen molar-refractivity contribution in [3.05, 3.63) is 12.4 Å². The van der Waals surface area contributed by atoms with Crippen LogP contribution in [0, 0.1) is 0 Å². The molecular formula is C10H17N3O2. The molecule has 5 heteroatoms. The lowest BCUT2D eigenvalue weighted by Crippen LogP contribution is -2.05. The molecule has 0 spiro atoms. The summed E-state index contributed by atoms with van der Waals surface area (Å²) in [5.74, 6) is 1.36. The molecule has 1 aromatic rings. The Morgan fingerprint density at radius 2 is 2.13 bits per heavy atom. The number of hydrogen-bond donors (Lipinski definition) is 1. The molecule has 0 radical (unpaired) electrons. The normalized spacial score (nSPS) is 10.0. The van der Waals surface area contributed by atoms with Crippen molar-refractivity contribution in [1.29, 1.82) is 0 Å². The van der Waals surface area contributed by atoms with E-state index in [1.807, 2.05) is 0 Å². The summed E-state index contributed by atoms with van der Waals surface area (Å²) in [5, 5.41) is 3.19. The Morgan fingerprint density at radius 1 is 1.27 bits per heavy atom. The average Bonchev–Trinajstić information content (AvgIpc) is 2.29. The third-order valence-electron chi connectivity index (χ3n) is 1.93. The van der Waals surface area contributed by atoms with Crippen molar-refractivity contribution < 1.29 is 9.47 Å². The van der Waals surface area contributed by atoms with Crippen molar-refractivity contribution in [1.82, 2.24) is 9.97 Å². The number of methoxy groups -OCH3 is 2. The second-order valence-corrected chi connectivity index (χ2v) is 3.07. The molecule has 0 atom stereocenters. The summed E-state index contributed by atoms with van der Waals surface area (Å²) in [7, 11) is 3.30. The Labute approximate surface area is 89.8 Å². The molecule has 0 aromatic carbocycles. The van der Waals surface area contributed by atoms with Crippen LogP contribution in [0.25, 0.3) is 0 Å². The van der Waals surface area contributed by atoms with Crippen LogP contribution >= 0.6 is 0 Å². The van der Waals surface area contributed by atoms with Crippen molar-refractivity contribution in [2.75, 3.05) is 32.7 Å². The van der Waals surface area contributed by atoms with Gasteiger partial charge in [0, 0.05) is 26.3 Å². The molecule has 1 rings (SSSR count). The first kappa shape index (κ1) is 11.7. The average molecular weight is 211 g/mol. The van der Waals surface area contributed by atoms with Crippen molar-refractivity contribution in [2.24, 2.45) is 0 Å². The van der Waals surface area contributed by atoms with E-state index in [1.165, 1.54) is 6.33 Å². The highest BCUT2D eigenvalue weighted by Gasteiger charge is 1.96. The van der Waals surface area contributed by atoms with Gasteiger partial charge in [0.15, 0.2) is 0 Å². The quantitative estimate of drug-likeness (QED) is 0.689. The van der Waals surface area contributed by atoms with Crippen LogP contribution in [0.4, 0.5) is 5.82 Å². The fourth-order valence-corrected chi connectivity index (χ4v) is 1.14. The third-order valence-corrected chi connectivity index (χ3v) is 1.93. The van der Waals surface area contributed by atoms with E-state index in [1.54, 1.807) is 20.3 Å². The summed E-state index contributed by atoms with van der Waals surface area (Å²) >= 11 is 0. The first-order valence-corrected chi connectivity index (χ1v) is 4.95. The van der Waals surface area contributed by atoms with Crippen LogP contribution in [0.5, 0.6) is 5.88 Å². The van der Waals surface area contributed by atoms with Gasteiger partial charge < -0.3 is 14.8 Å². The van der Waals surface area contributed by atoms with Gasteiger partial charge in [-0.25, -0.2) is 9.97 Å². The van der Waals surface area contributed by atoms with Gasteiger partial charge in [-0.3, -0.25) is 0 Å². The molecule has 1 N–H and O–H groups in total. The molecule has 0 fully saturated rings. The number of aromatic nitrogens is 2. The van der Waals surface area contributed by atoms with Crippen LogP contribution in [-0.4, -0.2) is 37.3 Å². The van der Waals surface area contributed by atoms with Gasteiger partial charge in [0.05, 0.1) is 7.11 Å². The van der Waals surface area contributed by atoms with E-state index < -0.39 is 0 Å². The predicted molar refractivity (Wildman–Crippen MR) is 58.2 cm³/mol. The summed E-state index contributed by atoms with van der Waals surface area (Å²) in [6.07, 6.45) is 3.59. The van der Waals surface area contributed by atoms with Gasteiger partial charge >= 0.3 is 0 Å². The van der Waals surface area contributed by atoms with Gasteiger partial charge in [-0.1, -0.05) is 0 Å². The van der Waals surface area contributed by atoms with Crippen molar-refractivity contribution in [2.45, 2.75) is 12.8 Å². The minimum atomic E-state index is 0.574. The predicted octanol–water partition coefficient (Wildman–Crippen LogP) is 1.32. The lowest BCUT2D eigenvalue weighted by Gasteiger charge is -2.05. The SMILES string of the molecule is COCCCCNc1cc(OC)ncn1. The molecule has 0 bridgehead atoms. The second-order valence-electron chi connectivity index (χ2n) is 3.07. The molecule has 0 saturated carbocycles. The maximum absolute atomic E-state index is 4.99. The van der Waals surface area contributed by atoms with Gasteiger partial charge in [0.2, 0.25) is 5.88 Å². The van der Waals surface area contributed by atoms with E-state index in [9.17, 15) is 0 Å². The van der Waals surface area contributed by atoms with E-state index in [2.05, 4.69) is 15.3 Å². The summed E-state index contributed by atoms with van der Waals surface area (Å²) in [4.78, 5) is 7.99. The Bertz CT molecular complexity index is 281. The van der Waals surface area contributed by atoms with Gasteiger partial charge in [-0.2, -0.15) is 0 Å². The standard InChI is InChI=1S/C10H17N3O2/c1-14-6-4-3-5-11-9-7-10(15-2)13-8-12-9/h7-8H,3-6H2,1-2H3,(H,11,12,13). The molecule has 0 amide bonds. The molecule has 0 unspecified atom stereocenters. The summed E-state index contributed by atoms with van der Waals surface area (Å²) in [6.45, 7) is 1.68. The molecule has 0 saturated heterocycles. The minimum absolute atomic E-state index is 0.574. The molecule has 0 aliphatic rings. The summed E-state index contributed by atoms with van der Waals surface area (Å²) in [5.41, 5.74) is 0. The van der Waals surface area contributed by atoms with E-state index in [4.69, 9.17) is 9.47 Å². The summed E-state index contributed by atoms with van der Waals surface area (Å²) in [6, 6.07) is 1.77. The zero-order valence-corrected chi connectivity index (χ0v) is 9.19. The highest BCUT2D eigenvalue weighted by Crippen LogP contribution is 2.09. The summed E-state index contributed by atoms with van der Waals surface area (Å²) < 4.78 is 9.95. The van der Waals surface area contributed by atoms with E-state index in [0.717, 1.165) is 31.8 Å². The van der Waals surface area contributed by atoms with E-state index in [-0.39, 0.29) is 0 Å². The largest absolute Gasteiger partial charge is 0.481 e. The smallest absolute Gasteiger partial charge is 0.218 e. The van der Waals surface area contributed by atoms with Gasteiger partial charge in [0.25, 0.3) is 0 Å². The number of rotatable bonds is 7. The molecule has 15 heavy (non-hydrogen) atoms. The molecule has 5 nitrogen and oxygen atoms in total. The molecule has 1 aromatic heterocycles. The van der Waals surface area contributed by atoms with E-state index in [0.29, 0.717) is 5.88 Å².